The number of aryl methyl sites for hydroxylation is 2. The largest absolute Gasteiger partial charge is 0.485 e. The summed E-state index contributed by atoms with van der Waals surface area (Å²) in [4.78, 5) is 56.4. The van der Waals surface area contributed by atoms with Crippen LogP contribution in [0.5, 0.6) is 5.75 Å². The molecule has 2 aliphatic rings. The number of nitrogens with zero attached hydrogens (tertiary/aromatic N) is 8. The van der Waals surface area contributed by atoms with Gasteiger partial charge < -0.3 is 29.2 Å². The highest BCUT2D eigenvalue weighted by atomic mass is 32.5. The second-order valence-electron chi connectivity index (χ2n) is 13.9. The van der Waals surface area contributed by atoms with Gasteiger partial charge in [-0.15, -0.1) is 5.10 Å². The number of benzene rings is 2. The molecule has 2 aliphatic heterocycles. The van der Waals surface area contributed by atoms with Gasteiger partial charge in [0.15, 0.2) is 17.3 Å². The van der Waals surface area contributed by atoms with Gasteiger partial charge in [-0.3, -0.25) is 14.4 Å². The van der Waals surface area contributed by atoms with Gasteiger partial charge in [0.05, 0.1) is 24.6 Å². The maximum Gasteiger partial charge on any atom is 0.310 e. The normalized spacial score (nSPS) is 16.1. The van der Waals surface area contributed by atoms with Crippen LogP contribution in [0.25, 0.3) is 11.4 Å². The first kappa shape index (κ1) is 40.3. The zero-order valence-corrected chi connectivity index (χ0v) is 32.6. The van der Waals surface area contributed by atoms with Crippen LogP contribution in [0, 0.1) is 13.8 Å². The first-order valence-electron chi connectivity index (χ1n) is 18.4. The first-order chi connectivity index (χ1) is 27.4. The van der Waals surface area contributed by atoms with Gasteiger partial charge >= 0.3 is 10.2 Å². The van der Waals surface area contributed by atoms with E-state index in [1.54, 1.807) is 24.8 Å². The Morgan fingerprint density at radius 2 is 1.72 bits per heavy atom. The van der Waals surface area contributed by atoms with E-state index in [1.165, 1.54) is 17.8 Å². The van der Waals surface area contributed by atoms with E-state index >= 15 is 0 Å². The molecule has 0 radical (unpaired) electrons. The maximum absolute atomic E-state index is 14.3. The van der Waals surface area contributed by atoms with Crippen molar-refractivity contribution in [2.24, 2.45) is 0 Å². The van der Waals surface area contributed by atoms with Crippen molar-refractivity contribution in [3.8, 4) is 5.75 Å². The third kappa shape index (κ3) is 8.38. The first-order valence-corrected chi connectivity index (χ1v) is 20.3. The Hall–Kier alpha value is -5.89. The van der Waals surface area contributed by atoms with Crippen LogP contribution in [0.2, 0.25) is 0 Å². The fraction of sp³-hybridized carbons (Fsp3) is 0.342. The van der Waals surface area contributed by atoms with Gasteiger partial charge in [-0.1, -0.05) is 62.8 Å². The molecule has 3 aromatic heterocycles. The lowest BCUT2D eigenvalue weighted by Gasteiger charge is -2.40. The highest BCUT2D eigenvalue weighted by Crippen LogP contribution is 3.02. The summed E-state index contributed by atoms with van der Waals surface area (Å²) < 4.78 is 81.5. The lowest BCUT2D eigenvalue weighted by Crippen LogP contribution is -2.51. The van der Waals surface area contributed by atoms with Gasteiger partial charge in [-0.25, -0.2) is 9.97 Å². The molecule has 2 aromatic carbocycles. The summed E-state index contributed by atoms with van der Waals surface area (Å²) in [7, 11) is -9.96. The summed E-state index contributed by atoms with van der Waals surface area (Å²) in [5, 5.41) is 7.06. The molecule has 1 N–H and O–H groups in total. The number of nitrogens with one attached hydrogen (secondary N) is 1. The molecular weight excluding hydrogens is 790 g/mol. The Morgan fingerprint density at radius 1 is 0.983 bits per heavy atom. The lowest BCUT2D eigenvalue weighted by atomic mass is 10.1. The molecule has 0 bridgehead atoms. The second-order valence-corrected chi connectivity index (χ2v) is 16.3. The number of carbonyl (C=O) groups excluding carboxylic acids is 2. The number of carbonyl (C=O) groups is 2. The van der Waals surface area contributed by atoms with Crippen molar-refractivity contribution < 1.29 is 38.5 Å². The van der Waals surface area contributed by atoms with Crippen molar-refractivity contribution in [3.05, 3.63) is 105 Å². The summed E-state index contributed by atoms with van der Waals surface area (Å²) >= 11 is 0. The third-order valence-electron chi connectivity index (χ3n) is 9.92. The van der Waals surface area contributed by atoms with E-state index < -0.39 is 33.1 Å². The minimum Gasteiger partial charge on any atom is -0.485 e. The topological polar surface area (TPSA) is 149 Å². The Morgan fingerprint density at radius 3 is 2.38 bits per heavy atom. The van der Waals surface area contributed by atoms with E-state index in [9.17, 15) is 33.8 Å². The molecule has 5 heterocycles. The zero-order chi connectivity index (χ0) is 41.5. The lowest BCUT2D eigenvalue weighted by molar-refractivity contribution is -0.116. The number of aromatic nitrogens is 6. The molecule has 1 fully saturated rings. The van der Waals surface area contributed by atoms with Gasteiger partial charge in [0.1, 0.15) is 30.1 Å². The molecule has 0 spiro atoms. The van der Waals surface area contributed by atoms with Crippen LogP contribution in [-0.2, 0) is 29.1 Å². The van der Waals surface area contributed by atoms with Crippen LogP contribution in [0.4, 0.5) is 30.8 Å². The average molecular weight is 830 g/mol. The van der Waals surface area contributed by atoms with Crippen LogP contribution in [0.1, 0.15) is 52.2 Å². The molecule has 2 amide bonds. The Bertz CT molecular complexity index is 2510. The smallest absolute Gasteiger partial charge is 0.310 e. The van der Waals surface area contributed by atoms with Crippen molar-refractivity contribution in [1.82, 2.24) is 34.0 Å². The SMILES string of the molecule is CCc1c(N2CCN(C(=O)c3ncnc(C)c3OCc3ccccc3)CC2)c(=O)n2nc(C3=CCOCC3)nc2n1CC(=O)Nc1ccc(S(F)(F)(F)(F)F)cc1C. The summed E-state index contributed by atoms with van der Waals surface area (Å²) in [6.45, 7) is 6.01. The third-order valence-corrected chi connectivity index (χ3v) is 11.1. The number of hydrogen-bond donors (Lipinski definition) is 1. The molecule has 7 rings (SSSR count). The number of halogens is 5. The van der Waals surface area contributed by atoms with Crippen LogP contribution in [0.15, 0.2) is 70.6 Å². The van der Waals surface area contributed by atoms with Crippen LogP contribution in [-0.4, -0.2) is 85.2 Å². The molecule has 1 saturated heterocycles. The Kier molecular flexibility index (Phi) is 10.3. The number of anilines is 2. The fourth-order valence-electron chi connectivity index (χ4n) is 6.94. The maximum atomic E-state index is 14.3. The molecule has 58 heavy (non-hydrogen) atoms. The van der Waals surface area contributed by atoms with Gasteiger partial charge in [-0.05, 0) is 61.6 Å². The van der Waals surface area contributed by atoms with Crippen LogP contribution < -0.4 is 20.5 Å². The van der Waals surface area contributed by atoms with Gasteiger partial charge in [0.2, 0.25) is 11.7 Å². The number of piperazine rings is 1. The van der Waals surface area contributed by atoms with E-state index in [0.29, 0.717) is 37.1 Å². The van der Waals surface area contributed by atoms with Crippen molar-refractivity contribution in [2.45, 2.75) is 51.7 Å². The van der Waals surface area contributed by atoms with Gasteiger partial charge in [0, 0.05) is 31.9 Å². The number of hydrogen-bond acceptors (Lipinski definition) is 10. The van der Waals surface area contributed by atoms with Crippen molar-refractivity contribution in [3.63, 3.8) is 0 Å². The summed E-state index contributed by atoms with van der Waals surface area (Å²) in [6, 6.07) is 10.8. The second kappa shape index (κ2) is 14.8. The number of rotatable bonds is 11. The summed E-state index contributed by atoms with van der Waals surface area (Å²) in [6.07, 6.45) is 3.82. The van der Waals surface area contributed by atoms with Gasteiger partial charge in [0.25, 0.3) is 11.5 Å². The van der Waals surface area contributed by atoms with Crippen molar-refractivity contribution in [2.75, 3.05) is 49.6 Å². The predicted octanol–water partition coefficient (Wildman–Crippen LogP) is 6.50. The van der Waals surface area contributed by atoms with E-state index in [-0.39, 0.29) is 91.2 Å². The van der Waals surface area contributed by atoms with E-state index in [2.05, 4.69) is 25.4 Å². The van der Waals surface area contributed by atoms with Crippen molar-refractivity contribution >= 4 is 44.8 Å². The van der Waals surface area contributed by atoms with E-state index in [4.69, 9.17) is 9.47 Å². The highest BCUT2D eigenvalue weighted by Gasteiger charge is 2.65. The molecule has 0 atom stereocenters. The molecule has 5 aromatic rings. The highest BCUT2D eigenvalue weighted by molar-refractivity contribution is 8.45. The van der Waals surface area contributed by atoms with Crippen LogP contribution >= 0.6 is 10.2 Å². The minimum atomic E-state index is -9.96. The van der Waals surface area contributed by atoms with Crippen LogP contribution in [0.3, 0.4) is 0 Å². The average Bonchev–Trinajstić information content (AvgIpc) is 3.65. The zero-order valence-electron chi connectivity index (χ0n) is 31.8. The predicted molar refractivity (Wildman–Crippen MR) is 207 cm³/mol. The molecule has 0 aliphatic carbocycles. The standard InChI is InChI=1S/C38H40F5N9O5S/c1-4-30-33(49-14-16-50(17-15-49)36(54)32-34(25(3)44-23-45-32)57-22-26-8-6-5-7-9-26)37(55)52-38(47-35(48-52)27-12-18-56-19-13-27)51(30)21-31(53)46-29-11-10-28(20-24(29)2)58(39,40,41,42)43/h5-12,20,23H,4,13-19,21-22H2,1-3H3,(H,46,53). The fourth-order valence-corrected chi connectivity index (χ4v) is 7.67. The summed E-state index contributed by atoms with van der Waals surface area (Å²) in [5.41, 5.74) is 2.07. The molecular formula is C38H40F5N9O5S. The molecule has 0 unspecified atom stereocenters. The van der Waals surface area contributed by atoms with Gasteiger partial charge in [-0.2, -0.15) is 9.50 Å². The monoisotopic (exact) mass is 829 g/mol. The number of amides is 2. The number of fused-ring (bicyclic) bond motifs is 1. The summed E-state index contributed by atoms with van der Waals surface area (Å²) in [5.74, 6) is -0.511. The molecule has 0 saturated carbocycles. The Balaban J connectivity index is 1.18. The molecule has 14 nitrogen and oxygen atoms in total. The minimum absolute atomic E-state index is 0.0482. The molecule has 308 valence electrons. The number of ether oxygens (including phenoxy) is 2. The van der Waals surface area contributed by atoms with Crippen molar-refractivity contribution in [1.29, 1.82) is 0 Å². The molecule has 20 heteroatoms. The van der Waals surface area contributed by atoms with E-state index in [1.807, 2.05) is 35.2 Å². The Labute approximate surface area is 329 Å². The quantitative estimate of drug-likeness (QED) is 0.146. The van der Waals surface area contributed by atoms with E-state index in [0.717, 1.165) is 21.7 Å².